The van der Waals surface area contributed by atoms with Gasteiger partial charge in [0.05, 0.1) is 6.61 Å². The van der Waals surface area contributed by atoms with Crippen molar-refractivity contribution in [1.82, 2.24) is 0 Å². The zero-order chi connectivity index (χ0) is 21.8. The van der Waals surface area contributed by atoms with E-state index in [4.69, 9.17) is 20.9 Å². The molecule has 0 bridgehead atoms. The van der Waals surface area contributed by atoms with Gasteiger partial charge < -0.3 is 13.9 Å². The van der Waals surface area contributed by atoms with E-state index in [0.717, 1.165) is 24.3 Å². The molecule has 0 radical (unpaired) electrons. The van der Waals surface area contributed by atoms with Crippen molar-refractivity contribution < 1.29 is 13.8 Å². The van der Waals surface area contributed by atoms with Crippen LogP contribution in [0.5, 0.6) is 5.75 Å². The highest BCUT2D eigenvalue weighted by Crippen LogP contribution is 2.60. The van der Waals surface area contributed by atoms with Crippen molar-refractivity contribution in [3.8, 4) is 5.75 Å². The van der Waals surface area contributed by atoms with Crippen LogP contribution in [0.3, 0.4) is 0 Å². The molecule has 4 nitrogen and oxygen atoms in total. The SMILES string of the molecule is CCCCCSP(=S)(OCC)Oc1ccc(N(CCC)C(=O)c2ccccc2)cc1. The van der Waals surface area contributed by atoms with Gasteiger partial charge in [0.15, 0.2) is 0 Å². The number of rotatable bonds is 13. The van der Waals surface area contributed by atoms with Crippen LogP contribution in [0.15, 0.2) is 54.6 Å². The van der Waals surface area contributed by atoms with Crippen molar-refractivity contribution in [3.05, 3.63) is 60.2 Å². The van der Waals surface area contributed by atoms with E-state index in [1.807, 2.05) is 61.5 Å². The van der Waals surface area contributed by atoms with E-state index in [-0.39, 0.29) is 5.91 Å². The minimum absolute atomic E-state index is 0.00275. The van der Waals surface area contributed by atoms with Crippen molar-refractivity contribution in [3.63, 3.8) is 0 Å². The lowest BCUT2D eigenvalue weighted by molar-refractivity contribution is 0.0987. The molecule has 7 heteroatoms. The highest BCUT2D eigenvalue weighted by atomic mass is 32.9. The summed E-state index contributed by atoms with van der Waals surface area (Å²) in [6.45, 7) is 7.38. The van der Waals surface area contributed by atoms with Crippen molar-refractivity contribution in [2.45, 2.75) is 46.5 Å². The second-order valence-corrected chi connectivity index (χ2v) is 13.2. The summed E-state index contributed by atoms with van der Waals surface area (Å²) < 4.78 is 12.0. The first-order valence-corrected chi connectivity index (χ1v) is 14.8. The van der Waals surface area contributed by atoms with Gasteiger partial charge in [-0.1, -0.05) is 56.3 Å². The zero-order valence-corrected chi connectivity index (χ0v) is 20.6. The molecule has 0 fully saturated rings. The maximum atomic E-state index is 13.0. The van der Waals surface area contributed by atoms with Crippen LogP contribution < -0.4 is 9.42 Å². The molecule has 1 unspecified atom stereocenters. The van der Waals surface area contributed by atoms with Crippen molar-refractivity contribution >= 4 is 40.5 Å². The molecule has 164 valence electrons. The number of amides is 1. The lowest BCUT2D eigenvalue weighted by Gasteiger charge is -2.24. The summed E-state index contributed by atoms with van der Waals surface area (Å²) in [6, 6.07) is 17.0. The van der Waals surface area contributed by atoms with Gasteiger partial charge in [0, 0.05) is 23.5 Å². The Morgan fingerprint density at radius 1 is 1.00 bits per heavy atom. The van der Waals surface area contributed by atoms with Gasteiger partial charge in [-0.15, -0.1) is 0 Å². The molecule has 0 heterocycles. The Balaban J connectivity index is 2.12. The van der Waals surface area contributed by atoms with Gasteiger partial charge in [-0.25, -0.2) is 0 Å². The van der Waals surface area contributed by atoms with Crippen LogP contribution in [0.4, 0.5) is 5.69 Å². The second kappa shape index (κ2) is 13.2. The molecule has 0 N–H and O–H groups in total. The Hall–Kier alpha value is -1.33. The summed E-state index contributed by atoms with van der Waals surface area (Å²) in [5, 5.41) is 0. The molecule has 0 aliphatic carbocycles. The number of nitrogens with zero attached hydrogens (tertiary/aromatic N) is 1. The summed E-state index contributed by atoms with van der Waals surface area (Å²) in [4.78, 5) is 14.8. The average molecular weight is 466 g/mol. The smallest absolute Gasteiger partial charge is 0.297 e. The van der Waals surface area contributed by atoms with E-state index in [9.17, 15) is 4.79 Å². The normalized spacial score (nSPS) is 12.9. The quantitative estimate of drug-likeness (QED) is 0.229. The number of unbranched alkanes of at least 4 members (excludes halogenated alkanes) is 2. The van der Waals surface area contributed by atoms with Crippen molar-refractivity contribution in [2.75, 3.05) is 23.8 Å². The van der Waals surface area contributed by atoms with Crippen LogP contribution in [-0.2, 0) is 16.3 Å². The molecule has 2 aromatic rings. The fourth-order valence-corrected chi connectivity index (χ4v) is 7.59. The number of benzene rings is 2. The van der Waals surface area contributed by atoms with E-state index in [1.165, 1.54) is 12.8 Å². The highest BCUT2D eigenvalue weighted by molar-refractivity contribution is 8.68. The monoisotopic (exact) mass is 465 g/mol. The predicted molar refractivity (Wildman–Crippen MR) is 133 cm³/mol. The fourth-order valence-electron chi connectivity index (χ4n) is 2.90. The molecule has 30 heavy (non-hydrogen) atoms. The lowest BCUT2D eigenvalue weighted by atomic mass is 10.1. The summed E-state index contributed by atoms with van der Waals surface area (Å²) in [7, 11) is 0. The lowest BCUT2D eigenvalue weighted by Crippen LogP contribution is -2.31. The van der Waals surface area contributed by atoms with Crippen LogP contribution in [0.2, 0.25) is 0 Å². The minimum Gasteiger partial charge on any atom is -0.436 e. The van der Waals surface area contributed by atoms with Crippen molar-refractivity contribution in [2.24, 2.45) is 0 Å². The van der Waals surface area contributed by atoms with E-state index in [1.54, 1.807) is 16.3 Å². The highest BCUT2D eigenvalue weighted by Gasteiger charge is 2.22. The summed E-state index contributed by atoms with van der Waals surface area (Å²) in [5.41, 5.74) is -0.903. The van der Waals surface area contributed by atoms with Gasteiger partial charge in [0.1, 0.15) is 5.75 Å². The Morgan fingerprint density at radius 2 is 1.70 bits per heavy atom. The van der Waals surface area contributed by atoms with Crippen molar-refractivity contribution in [1.29, 1.82) is 0 Å². The Labute approximate surface area is 190 Å². The van der Waals surface area contributed by atoms with E-state index < -0.39 is 5.69 Å². The first kappa shape index (κ1) is 24.9. The molecule has 2 rings (SSSR count). The van der Waals surface area contributed by atoms with E-state index in [2.05, 4.69) is 13.8 Å². The number of anilines is 1. The third-order valence-electron chi connectivity index (χ3n) is 4.36. The van der Waals surface area contributed by atoms with Gasteiger partial charge >= 0.3 is 0 Å². The molecule has 2 aromatic carbocycles. The van der Waals surface area contributed by atoms with Crippen LogP contribution in [0.1, 0.15) is 56.8 Å². The standard InChI is InChI=1S/C23H32NO3PS2/c1-4-7-11-19-30-28(29,26-6-3)27-22-16-14-21(15-17-22)24(18-5-2)23(25)20-12-9-8-10-13-20/h8-10,12-17H,4-7,11,18-19H2,1-3H3. The van der Waals surface area contributed by atoms with Gasteiger partial charge in [-0.3, -0.25) is 4.79 Å². The third-order valence-corrected chi connectivity index (χ3v) is 9.68. The summed E-state index contributed by atoms with van der Waals surface area (Å²) in [6.07, 6.45) is 4.35. The Morgan fingerprint density at radius 3 is 2.30 bits per heavy atom. The maximum Gasteiger partial charge on any atom is 0.297 e. The molecule has 1 amide bonds. The molecule has 0 spiro atoms. The van der Waals surface area contributed by atoms with E-state index in [0.29, 0.717) is 24.5 Å². The second-order valence-electron chi connectivity index (χ2n) is 6.81. The van der Waals surface area contributed by atoms with Gasteiger partial charge in [0.25, 0.3) is 11.6 Å². The first-order valence-electron chi connectivity index (χ1n) is 10.6. The first-order chi connectivity index (χ1) is 14.5. The van der Waals surface area contributed by atoms with Crippen LogP contribution in [0.25, 0.3) is 0 Å². The number of hydrogen-bond acceptors (Lipinski definition) is 5. The zero-order valence-electron chi connectivity index (χ0n) is 18.1. The van der Waals surface area contributed by atoms with Crippen LogP contribution in [-0.4, -0.2) is 24.8 Å². The molecular weight excluding hydrogens is 433 g/mol. The molecule has 0 aliphatic heterocycles. The van der Waals surface area contributed by atoms with Crippen LogP contribution in [0, 0.1) is 0 Å². The Kier molecular flexibility index (Phi) is 10.9. The average Bonchev–Trinajstić information content (AvgIpc) is 2.76. The van der Waals surface area contributed by atoms with Gasteiger partial charge in [0.2, 0.25) is 0 Å². The maximum absolute atomic E-state index is 13.0. The fraction of sp³-hybridized carbons (Fsp3) is 0.435. The van der Waals surface area contributed by atoms with Crippen LogP contribution >= 0.6 is 17.1 Å². The molecule has 0 aromatic heterocycles. The Bertz CT molecular complexity index is 815. The number of carbonyl (C=O) groups is 1. The molecule has 0 saturated carbocycles. The molecule has 0 saturated heterocycles. The third kappa shape index (κ3) is 7.73. The predicted octanol–water partition coefficient (Wildman–Crippen LogP) is 7.31. The van der Waals surface area contributed by atoms with Gasteiger partial charge in [-0.2, -0.15) is 0 Å². The molecule has 1 atom stereocenters. The minimum atomic E-state index is -2.43. The molecular formula is C23H32NO3PS2. The van der Waals surface area contributed by atoms with E-state index >= 15 is 0 Å². The topological polar surface area (TPSA) is 38.8 Å². The van der Waals surface area contributed by atoms with Gasteiger partial charge in [-0.05, 0) is 68.0 Å². The summed E-state index contributed by atoms with van der Waals surface area (Å²) in [5.74, 6) is 1.62. The summed E-state index contributed by atoms with van der Waals surface area (Å²) >= 11 is 7.35. The molecule has 0 aliphatic rings. The number of carbonyl (C=O) groups excluding carboxylic acids is 1. The largest absolute Gasteiger partial charge is 0.436 e. The number of hydrogen-bond donors (Lipinski definition) is 0.